The first-order valence-electron chi connectivity index (χ1n) is 6.19. The molecule has 0 spiro atoms. The molecular formula is C12H23NO3S. The molecule has 0 rings (SSSR count). The molecule has 0 aliphatic rings. The van der Waals surface area contributed by atoms with Gasteiger partial charge in [-0.15, -0.1) is 11.8 Å². The molecule has 0 aromatic carbocycles. The minimum absolute atomic E-state index is 0.0131. The van der Waals surface area contributed by atoms with E-state index in [9.17, 15) is 9.59 Å². The van der Waals surface area contributed by atoms with Gasteiger partial charge in [0.05, 0.1) is 11.5 Å². The van der Waals surface area contributed by atoms with Gasteiger partial charge in [-0.1, -0.05) is 33.1 Å². The van der Waals surface area contributed by atoms with E-state index in [2.05, 4.69) is 19.2 Å². The summed E-state index contributed by atoms with van der Waals surface area (Å²) in [5.41, 5.74) is 0. The van der Waals surface area contributed by atoms with E-state index in [0.29, 0.717) is 0 Å². The molecule has 0 aliphatic carbocycles. The van der Waals surface area contributed by atoms with Crippen LogP contribution in [0.1, 0.15) is 46.0 Å². The minimum atomic E-state index is -0.876. The number of thioether (sulfide) groups is 1. The van der Waals surface area contributed by atoms with Gasteiger partial charge in [0.25, 0.3) is 0 Å². The Labute approximate surface area is 108 Å². The van der Waals surface area contributed by atoms with Crippen LogP contribution in [0, 0.1) is 0 Å². The van der Waals surface area contributed by atoms with Crippen LogP contribution in [0.4, 0.5) is 0 Å². The lowest BCUT2D eigenvalue weighted by atomic mass is 10.1. The number of carbonyl (C=O) groups is 2. The van der Waals surface area contributed by atoms with E-state index in [1.54, 1.807) is 0 Å². The summed E-state index contributed by atoms with van der Waals surface area (Å²) in [7, 11) is 0. The van der Waals surface area contributed by atoms with Gasteiger partial charge in [0.1, 0.15) is 0 Å². The van der Waals surface area contributed by atoms with Gasteiger partial charge >= 0.3 is 5.97 Å². The third kappa shape index (κ3) is 10.2. The molecular weight excluding hydrogens is 238 g/mol. The van der Waals surface area contributed by atoms with Crippen LogP contribution < -0.4 is 5.32 Å². The van der Waals surface area contributed by atoms with Gasteiger partial charge in [0.2, 0.25) is 5.91 Å². The maximum absolute atomic E-state index is 11.5. The molecule has 1 atom stereocenters. The molecule has 0 heterocycles. The Bertz CT molecular complexity index is 234. The SMILES string of the molecule is CCCCC(CCC)NC(=O)CSCC(=O)O. The second kappa shape index (κ2) is 10.4. The van der Waals surface area contributed by atoms with Crippen LogP contribution in [0.3, 0.4) is 0 Å². The second-order valence-corrected chi connectivity index (χ2v) is 5.07. The number of hydrogen-bond donors (Lipinski definition) is 2. The van der Waals surface area contributed by atoms with Crippen molar-refractivity contribution >= 4 is 23.6 Å². The number of carboxylic acids is 1. The number of amides is 1. The van der Waals surface area contributed by atoms with E-state index in [0.717, 1.165) is 43.9 Å². The van der Waals surface area contributed by atoms with Crippen molar-refractivity contribution in [2.24, 2.45) is 0 Å². The van der Waals surface area contributed by atoms with Gasteiger partial charge in [0.15, 0.2) is 0 Å². The summed E-state index contributed by atoms with van der Waals surface area (Å²) in [5.74, 6) is -0.705. The lowest BCUT2D eigenvalue weighted by Gasteiger charge is -2.17. The fourth-order valence-corrected chi connectivity index (χ4v) is 2.13. The summed E-state index contributed by atoms with van der Waals surface area (Å²) in [6.07, 6.45) is 5.31. The minimum Gasteiger partial charge on any atom is -0.481 e. The lowest BCUT2D eigenvalue weighted by molar-refractivity contribution is -0.133. The molecule has 0 radical (unpaired) electrons. The summed E-state index contributed by atoms with van der Waals surface area (Å²) >= 11 is 1.14. The van der Waals surface area contributed by atoms with Crippen LogP contribution in [0.2, 0.25) is 0 Å². The third-order valence-corrected chi connectivity index (χ3v) is 3.28. The third-order valence-electron chi connectivity index (χ3n) is 2.37. The summed E-state index contributed by atoms with van der Waals surface area (Å²) < 4.78 is 0. The monoisotopic (exact) mass is 261 g/mol. The Kier molecular flexibility index (Phi) is 10.0. The largest absolute Gasteiger partial charge is 0.481 e. The van der Waals surface area contributed by atoms with Crippen molar-refractivity contribution in [2.75, 3.05) is 11.5 Å². The first-order chi connectivity index (χ1) is 8.10. The van der Waals surface area contributed by atoms with Gasteiger partial charge in [-0.25, -0.2) is 0 Å². The molecule has 0 saturated carbocycles. The zero-order valence-corrected chi connectivity index (χ0v) is 11.5. The number of nitrogens with one attached hydrogen (secondary N) is 1. The predicted octanol–water partition coefficient (Wildman–Crippen LogP) is 2.28. The molecule has 0 fully saturated rings. The molecule has 17 heavy (non-hydrogen) atoms. The number of hydrogen-bond acceptors (Lipinski definition) is 3. The molecule has 0 aromatic rings. The fourth-order valence-electron chi connectivity index (χ4n) is 1.59. The Morgan fingerprint density at radius 1 is 1.18 bits per heavy atom. The highest BCUT2D eigenvalue weighted by Crippen LogP contribution is 2.07. The van der Waals surface area contributed by atoms with Gasteiger partial charge in [-0.2, -0.15) is 0 Å². The average Bonchev–Trinajstić information content (AvgIpc) is 2.25. The summed E-state index contributed by atoms with van der Waals surface area (Å²) in [6, 6.07) is 0.248. The van der Waals surface area contributed by atoms with Crippen LogP contribution in [0.25, 0.3) is 0 Å². The first kappa shape index (κ1) is 16.3. The summed E-state index contributed by atoms with van der Waals surface area (Å²) in [4.78, 5) is 21.8. The summed E-state index contributed by atoms with van der Waals surface area (Å²) in [6.45, 7) is 4.23. The predicted molar refractivity (Wildman–Crippen MR) is 71.3 cm³/mol. The van der Waals surface area contributed by atoms with Crippen LogP contribution in [0.15, 0.2) is 0 Å². The van der Waals surface area contributed by atoms with Crippen LogP contribution in [-0.4, -0.2) is 34.5 Å². The quantitative estimate of drug-likeness (QED) is 0.633. The fraction of sp³-hybridized carbons (Fsp3) is 0.833. The van der Waals surface area contributed by atoms with Crippen molar-refractivity contribution in [3.05, 3.63) is 0 Å². The molecule has 1 amide bonds. The standard InChI is InChI=1S/C12H23NO3S/c1-3-5-7-10(6-4-2)13-11(14)8-17-9-12(15)16/h10H,3-9H2,1-2H3,(H,13,14)(H,15,16). The molecule has 5 heteroatoms. The molecule has 0 saturated heterocycles. The molecule has 0 bridgehead atoms. The van der Waals surface area contributed by atoms with Crippen molar-refractivity contribution < 1.29 is 14.7 Å². The van der Waals surface area contributed by atoms with Gasteiger partial charge < -0.3 is 10.4 Å². The van der Waals surface area contributed by atoms with Crippen LogP contribution in [-0.2, 0) is 9.59 Å². The van der Waals surface area contributed by atoms with Gasteiger partial charge in [-0.3, -0.25) is 9.59 Å². The maximum atomic E-state index is 11.5. The van der Waals surface area contributed by atoms with Crippen molar-refractivity contribution in [2.45, 2.75) is 52.0 Å². The topological polar surface area (TPSA) is 66.4 Å². The first-order valence-corrected chi connectivity index (χ1v) is 7.34. The van der Waals surface area contributed by atoms with Crippen LogP contribution >= 0.6 is 11.8 Å². The Hall–Kier alpha value is -0.710. The molecule has 0 aliphatic heterocycles. The van der Waals surface area contributed by atoms with Gasteiger partial charge in [-0.05, 0) is 12.8 Å². The average molecular weight is 261 g/mol. The highest BCUT2D eigenvalue weighted by atomic mass is 32.2. The van der Waals surface area contributed by atoms with Crippen molar-refractivity contribution in [1.29, 1.82) is 0 Å². The molecule has 100 valence electrons. The van der Waals surface area contributed by atoms with Crippen molar-refractivity contribution in [1.82, 2.24) is 5.32 Å². The number of carbonyl (C=O) groups excluding carboxylic acids is 1. The molecule has 0 aromatic heterocycles. The zero-order chi connectivity index (χ0) is 13.1. The smallest absolute Gasteiger partial charge is 0.313 e. The number of carboxylic acid groups (broad SMARTS) is 1. The molecule has 1 unspecified atom stereocenters. The van der Waals surface area contributed by atoms with Crippen molar-refractivity contribution in [3.8, 4) is 0 Å². The van der Waals surface area contributed by atoms with E-state index >= 15 is 0 Å². The Balaban J connectivity index is 3.81. The number of unbranched alkanes of at least 4 members (excludes halogenated alkanes) is 1. The van der Waals surface area contributed by atoms with Crippen molar-refractivity contribution in [3.63, 3.8) is 0 Å². The van der Waals surface area contributed by atoms with E-state index in [-0.39, 0.29) is 23.5 Å². The maximum Gasteiger partial charge on any atom is 0.313 e. The van der Waals surface area contributed by atoms with E-state index in [1.807, 2.05) is 0 Å². The number of aliphatic carboxylic acids is 1. The van der Waals surface area contributed by atoms with E-state index < -0.39 is 5.97 Å². The summed E-state index contributed by atoms with van der Waals surface area (Å²) in [5, 5.41) is 11.4. The van der Waals surface area contributed by atoms with Gasteiger partial charge in [0, 0.05) is 6.04 Å². The second-order valence-electron chi connectivity index (χ2n) is 4.08. The molecule has 4 nitrogen and oxygen atoms in total. The number of rotatable bonds is 10. The lowest BCUT2D eigenvalue weighted by Crippen LogP contribution is -2.36. The molecule has 2 N–H and O–H groups in total. The van der Waals surface area contributed by atoms with Crippen LogP contribution in [0.5, 0.6) is 0 Å². The normalized spacial score (nSPS) is 12.1. The highest BCUT2D eigenvalue weighted by molar-refractivity contribution is 8.00. The zero-order valence-electron chi connectivity index (χ0n) is 10.7. The van der Waals surface area contributed by atoms with E-state index in [4.69, 9.17) is 5.11 Å². The highest BCUT2D eigenvalue weighted by Gasteiger charge is 2.11. The Morgan fingerprint density at radius 3 is 2.41 bits per heavy atom. The Morgan fingerprint density at radius 2 is 1.88 bits per heavy atom. The van der Waals surface area contributed by atoms with E-state index in [1.165, 1.54) is 0 Å².